The van der Waals surface area contributed by atoms with Crippen molar-refractivity contribution in [3.05, 3.63) is 50.8 Å². The van der Waals surface area contributed by atoms with E-state index in [1.807, 2.05) is 0 Å². The second-order valence-corrected chi connectivity index (χ2v) is 4.75. The molecular weight excluding hydrogens is 338 g/mol. The largest absolute Gasteiger partial charge is 0.457 e. The van der Waals surface area contributed by atoms with E-state index >= 15 is 0 Å². The molecule has 0 aliphatic rings. The minimum Gasteiger partial charge on any atom is -0.457 e. The van der Waals surface area contributed by atoms with Gasteiger partial charge in [-0.2, -0.15) is 0 Å². The molecule has 5 heteroatoms. The van der Waals surface area contributed by atoms with Crippen LogP contribution in [0.2, 0.25) is 0 Å². The van der Waals surface area contributed by atoms with Crippen molar-refractivity contribution in [1.29, 1.82) is 0 Å². The second-order valence-electron chi connectivity index (χ2n) is 3.18. The summed E-state index contributed by atoms with van der Waals surface area (Å²) in [5.41, 5.74) is 7.26. The van der Waals surface area contributed by atoms with Crippen LogP contribution in [0.4, 0.5) is 5.69 Å². The van der Waals surface area contributed by atoms with Crippen molar-refractivity contribution in [3.8, 4) is 0 Å². The van der Waals surface area contributed by atoms with Crippen LogP contribution in [0.15, 0.2) is 44.1 Å². The Morgan fingerprint density at radius 3 is 2.50 bits per heavy atom. The number of hydrogen-bond acceptors (Lipinski definition) is 3. The molecule has 1 aromatic carbocycles. The van der Waals surface area contributed by atoms with Gasteiger partial charge in [-0.05, 0) is 56.1 Å². The zero-order valence-electron chi connectivity index (χ0n) is 8.04. The fourth-order valence-corrected chi connectivity index (χ4v) is 2.31. The van der Waals surface area contributed by atoms with E-state index in [0.717, 1.165) is 0 Å². The topological polar surface area (TPSA) is 56.2 Å². The third-order valence-electron chi connectivity index (χ3n) is 2.10. The van der Waals surface area contributed by atoms with Gasteiger partial charge in [0.1, 0.15) is 0 Å². The summed E-state index contributed by atoms with van der Waals surface area (Å²) in [6, 6.07) is 6.68. The van der Waals surface area contributed by atoms with Crippen molar-refractivity contribution in [1.82, 2.24) is 0 Å². The first-order valence-corrected chi connectivity index (χ1v) is 6.01. The fourth-order valence-electron chi connectivity index (χ4n) is 1.32. The summed E-state index contributed by atoms with van der Waals surface area (Å²) in [5.74, 6) is -0.118. The molecular formula is C11H7Br2NO2. The average Bonchev–Trinajstić information content (AvgIpc) is 2.63. The molecule has 0 spiro atoms. The number of benzene rings is 1. The Balaban J connectivity index is 2.46. The highest BCUT2D eigenvalue weighted by atomic mass is 79.9. The molecule has 0 saturated heterocycles. The highest BCUT2D eigenvalue weighted by Gasteiger charge is 2.17. The zero-order valence-corrected chi connectivity index (χ0v) is 11.2. The summed E-state index contributed by atoms with van der Waals surface area (Å²) in [6.07, 6.45) is 1.46. The standard InChI is InChI=1S/C11H7Br2NO2/c12-9-5-6(14)1-2-7(9)10(15)8-3-4-16-11(8)13/h1-5H,14H2. The van der Waals surface area contributed by atoms with Gasteiger partial charge >= 0.3 is 0 Å². The van der Waals surface area contributed by atoms with Crippen molar-refractivity contribution >= 4 is 43.3 Å². The molecule has 3 nitrogen and oxygen atoms in total. The van der Waals surface area contributed by atoms with Gasteiger partial charge in [0.25, 0.3) is 0 Å². The summed E-state index contributed by atoms with van der Waals surface area (Å²) < 4.78 is 6.13. The van der Waals surface area contributed by atoms with Crippen LogP contribution < -0.4 is 5.73 Å². The molecule has 0 amide bonds. The van der Waals surface area contributed by atoms with E-state index < -0.39 is 0 Å². The first kappa shape index (κ1) is 11.4. The minimum absolute atomic E-state index is 0.118. The molecule has 1 aromatic heterocycles. The van der Waals surface area contributed by atoms with E-state index in [1.54, 1.807) is 24.3 Å². The smallest absolute Gasteiger partial charge is 0.198 e. The Morgan fingerprint density at radius 1 is 1.19 bits per heavy atom. The molecule has 0 atom stereocenters. The molecule has 0 fully saturated rings. The maximum Gasteiger partial charge on any atom is 0.198 e. The van der Waals surface area contributed by atoms with Gasteiger partial charge in [-0.3, -0.25) is 4.79 Å². The summed E-state index contributed by atoms with van der Waals surface area (Å²) in [7, 11) is 0. The molecule has 1 heterocycles. The van der Waals surface area contributed by atoms with Crippen LogP contribution in [0.5, 0.6) is 0 Å². The molecule has 0 bridgehead atoms. The lowest BCUT2D eigenvalue weighted by Crippen LogP contribution is -2.02. The van der Waals surface area contributed by atoms with E-state index in [0.29, 0.717) is 26.0 Å². The zero-order chi connectivity index (χ0) is 11.7. The van der Waals surface area contributed by atoms with Crippen LogP contribution in [0.25, 0.3) is 0 Å². The summed E-state index contributed by atoms with van der Waals surface area (Å²) >= 11 is 6.49. The van der Waals surface area contributed by atoms with Gasteiger partial charge in [-0.25, -0.2) is 0 Å². The maximum absolute atomic E-state index is 12.1. The predicted octanol–water partition coefficient (Wildman–Crippen LogP) is 3.62. The molecule has 82 valence electrons. The number of carbonyl (C=O) groups excluding carboxylic acids is 1. The van der Waals surface area contributed by atoms with Gasteiger partial charge in [0.05, 0.1) is 11.8 Å². The number of nitrogen functional groups attached to an aromatic ring is 1. The van der Waals surface area contributed by atoms with Gasteiger partial charge in [-0.1, -0.05) is 0 Å². The molecule has 0 radical (unpaired) electrons. The van der Waals surface area contributed by atoms with Crippen LogP contribution in [-0.2, 0) is 0 Å². The molecule has 2 aromatic rings. The van der Waals surface area contributed by atoms with E-state index in [1.165, 1.54) is 6.26 Å². The minimum atomic E-state index is -0.118. The maximum atomic E-state index is 12.1. The Morgan fingerprint density at radius 2 is 1.94 bits per heavy atom. The van der Waals surface area contributed by atoms with Gasteiger partial charge in [0.2, 0.25) is 0 Å². The lowest BCUT2D eigenvalue weighted by Gasteiger charge is -2.03. The normalized spacial score (nSPS) is 10.4. The van der Waals surface area contributed by atoms with Crippen LogP contribution in [0, 0.1) is 0 Å². The molecule has 0 aliphatic heterocycles. The van der Waals surface area contributed by atoms with E-state index in [2.05, 4.69) is 31.9 Å². The fraction of sp³-hybridized carbons (Fsp3) is 0. The van der Waals surface area contributed by atoms with Gasteiger partial charge in [0, 0.05) is 15.7 Å². The average molecular weight is 345 g/mol. The molecule has 0 unspecified atom stereocenters. The number of halogens is 2. The number of hydrogen-bond donors (Lipinski definition) is 1. The molecule has 16 heavy (non-hydrogen) atoms. The Bertz CT molecular complexity index is 549. The predicted molar refractivity (Wildman–Crippen MR) is 68.4 cm³/mol. The van der Waals surface area contributed by atoms with Crippen molar-refractivity contribution < 1.29 is 9.21 Å². The number of anilines is 1. The number of carbonyl (C=O) groups is 1. The number of ketones is 1. The Kier molecular flexibility index (Phi) is 3.16. The molecule has 0 aliphatic carbocycles. The summed E-state index contributed by atoms with van der Waals surface area (Å²) in [5, 5.41) is 0. The second kappa shape index (κ2) is 4.43. The van der Waals surface area contributed by atoms with E-state index in [-0.39, 0.29) is 5.78 Å². The van der Waals surface area contributed by atoms with Gasteiger partial charge in [-0.15, -0.1) is 0 Å². The lowest BCUT2D eigenvalue weighted by molar-refractivity contribution is 0.103. The van der Waals surface area contributed by atoms with Crippen molar-refractivity contribution in [2.75, 3.05) is 5.73 Å². The molecule has 2 N–H and O–H groups in total. The van der Waals surface area contributed by atoms with Crippen LogP contribution in [0.3, 0.4) is 0 Å². The highest BCUT2D eigenvalue weighted by Crippen LogP contribution is 2.26. The highest BCUT2D eigenvalue weighted by molar-refractivity contribution is 9.10. The third kappa shape index (κ3) is 2.05. The first-order valence-electron chi connectivity index (χ1n) is 4.42. The molecule has 2 rings (SSSR count). The van der Waals surface area contributed by atoms with Crippen LogP contribution in [0.1, 0.15) is 15.9 Å². The number of nitrogens with two attached hydrogens (primary N) is 1. The summed E-state index contributed by atoms with van der Waals surface area (Å²) in [4.78, 5) is 12.1. The Hall–Kier alpha value is -1.07. The monoisotopic (exact) mass is 343 g/mol. The van der Waals surface area contributed by atoms with Crippen LogP contribution in [-0.4, -0.2) is 5.78 Å². The third-order valence-corrected chi connectivity index (χ3v) is 3.37. The SMILES string of the molecule is Nc1ccc(C(=O)c2ccoc2Br)c(Br)c1. The van der Waals surface area contributed by atoms with Gasteiger partial charge < -0.3 is 10.2 Å². The number of furan rings is 1. The lowest BCUT2D eigenvalue weighted by atomic mass is 10.1. The number of rotatable bonds is 2. The molecule has 0 saturated carbocycles. The quantitative estimate of drug-likeness (QED) is 0.668. The van der Waals surface area contributed by atoms with E-state index in [9.17, 15) is 4.79 Å². The van der Waals surface area contributed by atoms with Crippen LogP contribution >= 0.6 is 31.9 Å². The first-order chi connectivity index (χ1) is 7.59. The van der Waals surface area contributed by atoms with Crippen molar-refractivity contribution in [2.45, 2.75) is 0 Å². The summed E-state index contributed by atoms with van der Waals surface area (Å²) in [6.45, 7) is 0. The van der Waals surface area contributed by atoms with Crippen molar-refractivity contribution in [3.63, 3.8) is 0 Å². The van der Waals surface area contributed by atoms with Gasteiger partial charge in [0.15, 0.2) is 10.5 Å². The van der Waals surface area contributed by atoms with Crippen molar-refractivity contribution in [2.24, 2.45) is 0 Å². The Labute approximate surface area is 109 Å². The van der Waals surface area contributed by atoms with E-state index in [4.69, 9.17) is 10.2 Å².